The molecule has 1 atom stereocenters. The summed E-state index contributed by atoms with van der Waals surface area (Å²) in [5.41, 5.74) is 3.99. The van der Waals surface area contributed by atoms with Crippen LogP contribution in [-0.2, 0) is 0 Å². The maximum atomic E-state index is 5.81. The Balaban J connectivity index is 1.67. The van der Waals surface area contributed by atoms with Crippen molar-refractivity contribution in [2.24, 2.45) is 0 Å². The summed E-state index contributed by atoms with van der Waals surface area (Å²) in [7, 11) is 0. The van der Waals surface area contributed by atoms with Crippen LogP contribution in [0, 0.1) is 0 Å². The van der Waals surface area contributed by atoms with Crippen LogP contribution < -0.4 is 10.1 Å². The molecule has 110 valence electrons. The molecule has 0 bridgehead atoms. The van der Waals surface area contributed by atoms with Crippen LogP contribution in [-0.4, -0.2) is 22.6 Å². The zero-order valence-corrected chi connectivity index (χ0v) is 12.9. The van der Waals surface area contributed by atoms with Gasteiger partial charge in [0.1, 0.15) is 16.9 Å². The zero-order valence-electron chi connectivity index (χ0n) is 12.1. The van der Waals surface area contributed by atoms with E-state index in [0.717, 1.165) is 39.9 Å². The van der Waals surface area contributed by atoms with Crippen LogP contribution in [0.2, 0.25) is 0 Å². The van der Waals surface area contributed by atoms with Gasteiger partial charge < -0.3 is 10.1 Å². The molecule has 3 heterocycles. The van der Waals surface area contributed by atoms with Crippen LogP contribution in [0.15, 0.2) is 48.0 Å². The van der Waals surface area contributed by atoms with Crippen molar-refractivity contribution < 1.29 is 4.74 Å². The van der Waals surface area contributed by atoms with Gasteiger partial charge >= 0.3 is 0 Å². The van der Waals surface area contributed by atoms with Gasteiger partial charge in [0, 0.05) is 17.1 Å². The van der Waals surface area contributed by atoms with Gasteiger partial charge in [-0.05, 0) is 37.3 Å². The lowest BCUT2D eigenvalue weighted by atomic mass is 10.1. The summed E-state index contributed by atoms with van der Waals surface area (Å²) in [5, 5.41) is 6.40. The molecule has 1 aliphatic heterocycles. The molecule has 1 unspecified atom stereocenters. The largest absolute Gasteiger partial charge is 0.487 e. The van der Waals surface area contributed by atoms with E-state index in [1.54, 1.807) is 17.5 Å². The minimum Gasteiger partial charge on any atom is -0.487 e. The molecular formula is C17H15N3OS. The van der Waals surface area contributed by atoms with E-state index in [0.29, 0.717) is 0 Å². The number of hydrogen-bond donors (Lipinski definition) is 1. The smallest absolute Gasteiger partial charge is 0.142 e. The summed E-state index contributed by atoms with van der Waals surface area (Å²) in [6.07, 6.45) is 1.99. The molecule has 3 aromatic rings. The van der Waals surface area contributed by atoms with Crippen molar-refractivity contribution >= 4 is 17.0 Å². The Labute approximate surface area is 132 Å². The Hall–Kier alpha value is -2.40. The van der Waals surface area contributed by atoms with E-state index in [-0.39, 0.29) is 6.10 Å². The summed E-state index contributed by atoms with van der Waals surface area (Å²) in [6, 6.07) is 12.0. The number of thiazole rings is 1. The van der Waals surface area contributed by atoms with Gasteiger partial charge in [0.15, 0.2) is 0 Å². The number of fused-ring (bicyclic) bond motifs is 1. The average Bonchev–Trinajstić information content (AvgIpc) is 3.05. The number of nitrogens with one attached hydrogen (secondary N) is 1. The van der Waals surface area contributed by atoms with E-state index < -0.39 is 0 Å². The topological polar surface area (TPSA) is 47.0 Å². The fraction of sp³-hybridized carbons (Fsp3) is 0.176. The predicted molar refractivity (Wildman–Crippen MR) is 89.4 cm³/mol. The number of ether oxygens (including phenoxy) is 1. The highest BCUT2D eigenvalue weighted by atomic mass is 32.1. The van der Waals surface area contributed by atoms with E-state index in [9.17, 15) is 0 Å². The normalized spacial score (nSPS) is 16.5. The molecule has 22 heavy (non-hydrogen) atoms. The van der Waals surface area contributed by atoms with E-state index in [2.05, 4.69) is 34.7 Å². The van der Waals surface area contributed by atoms with Gasteiger partial charge in [0.25, 0.3) is 0 Å². The van der Waals surface area contributed by atoms with Crippen LogP contribution >= 0.6 is 11.3 Å². The molecule has 0 saturated carbocycles. The fourth-order valence-corrected chi connectivity index (χ4v) is 3.26. The molecule has 0 fully saturated rings. The highest BCUT2D eigenvalue weighted by molar-refractivity contribution is 7.13. The standard InChI is InChI=1S/C17H15N3OS/c1-11-9-19-14-8-12(5-6-16(14)21-11)15-10-22-17(20-15)13-4-2-3-7-18-13/h2-8,10-11,19H,9H2,1H3. The predicted octanol–water partition coefficient (Wildman–Crippen LogP) is 4.06. The maximum absolute atomic E-state index is 5.81. The van der Waals surface area contributed by atoms with E-state index in [4.69, 9.17) is 9.72 Å². The number of rotatable bonds is 2. The van der Waals surface area contributed by atoms with Crippen molar-refractivity contribution in [3.05, 3.63) is 48.0 Å². The van der Waals surface area contributed by atoms with Gasteiger partial charge in [0.2, 0.25) is 0 Å². The van der Waals surface area contributed by atoms with E-state index >= 15 is 0 Å². The highest BCUT2D eigenvalue weighted by Crippen LogP contribution is 2.35. The number of hydrogen-bond acceptors (Lipinski definition) is 5. The lowest BCUT2D eigenvalue weighted by molar-refractivity contribution is 0.226. The first kappa shape index (κ1) is 13.3. The quantitative estimate of drug-likeness (QED) is 0.775. The minimum atomic E-state index is 0.202. The molecule has 0 amide bonds. The second-order valence-electron chi connectivity index (χ2n) is 5.27. The number of pyridine rings is 1. The number of nitrogens with zero attached hydrogens (tertiary/aromatic N) is 2. The monoisotopic (exact) mass is 309 g/mol. The van der Waals surface area contributed by atoms with Gasteiger partial charge in [-0.2, -0.15) is 0 Å². The van der Waals surface area contributed by atoms with Gasteiger partial charge in [0.05, 0.1) is 23.6 Å². The lowest BCUT2D eigenvalue weighted by Crippen LogP contribution is -2.27. The molecule has 0 aliphatic carbocycles. The highest BCUT2D eigenvalue weighted by Gasteiger charge is 2.16. The minimum absolute atomic E-state index is 0.202. The Kier molecular flexibility index (Phi) is 3.27. The van der Waals surface area contributed by atoms with Gasteiger partial charge in [-0.3, -0.25) is 4.98 Å². The molecule has 0 spiro atoms. The van der Waals surface area contributed by atoms with Crippen LogP contribution in [0.1, 0.15) is 6.92 Å². The Morgan fingerprint density at radius 3 is 3.05 bits per heavy atom. The van der Waals surface area contributed by atoms with Crippen LogP contribution in [0.5, 0.6) is 5.75 Å². The molecular weight excluding hydrogens is 294 g/mol. The molecule has 1 aliphatic rings. The molecule has 1 N–H and O–H groups in total. The summed E-state index contributed by atoms with van der Waals surface area (Å²) in [4.78, 5) is 9.05. The summed E-state index contributed by atoms with van der Waals surface area (Å²) in [5.74, 6) is 0.905. The third-order valence-corrected chi connectivity index (χ3v) is 4.44. The first-order valence-corrected chi connectivity index (χ1v) is 8.09. The van der Waals surface area contributed by atoms with Crippen molar-refractivity contribution in [3.63, 3.8) is 0 Å². The van der Waals surface area contributed by atoms with Crippen molar-refractivity contribution in [1.29, 1.82) is 0 Å². The molecule has 1 aromatic carbocycles. The van der Waals surface area contributed by atoms with Crippen LogP contribution in [0.25, 0.3) is 22.0 Å². The van der Waals surface area contributed by atoms with Gasteiger partial charge in [-0.15, -0.1) is 11.3 Å². The molecule has 2 aromatic heterocycles. The first-order valence-electron chi connectivity index (χ1n) is 7.21. The zero-order chi connectivity index (χ0) is 14.9. The van der Waals surface area contributed by atoms with E-state index in [1.807, 2.05) is 24.3 Å². The summed E-state index contributed by atoms with van der Waals surface area (Å²) >= 11 is 1.61. The van der Waals surface area contributed by atoms with Crippen molar-refractivity contribution in [2.45, 2.75) is 13.0 Å². The molecule has 4 rings (SSSR count). The van der Waals surface area contributed by atoms with Crippen molar-refractivity contribution in [2.75, 3.05) is 11.9 Å². The number of benzene rings is 1. The number of aromatic nitrogens is 2. The van der Waals surface area contributed by atoms with Gasteiger partial charge in [-0.1, -0.05) is 6.07 Å². The Morgan fingerprint density at radius 2 is 2.18 bits per heavy atom. The second-order valence-corrected chi connectivity index (χ2v) is 6.13. The molecule has 0 radical (unpaired) electrons. The summed E-state index contributed by atoms with van der Waals surface area (Å²) < 4.78 is 5.81. The molecule has 4 nitrogen and oxygen atoms in total. The second kappa shape index (κ2) is 5.42. The SMILES string of the molecule is CC1CNc2cc(-c3csc(-c4ccccn4)n3)ccc2O1. The fourth-order valence-electron chi connectivity index (χ4n) is 2.46. The summed E-state index contributed by atoms with van der Waals surface area (Å²) in [6.45, 7) is 2.89. The third kappa shape index (κ3) is 2.44. The van der Waals surface area contributed by atoms with Crippen LogP contribution in [0.4, 0.5) is 5.69 Å². The maximum Gasteiger partial charge on any atom is 0.142 e. The van der Waals surface area contributed by atoms with Crippen molar-refractivity contribution in [1.82, 2.24) is 9.97 Å². The Bertz CT molecular complexity index is 801. The van der Waals surface area contributed by atoms with Gasteiger partial charge in [-0.25, -0.2) is 4.98 Å². The molecule has 0 saturated heterocycles. The van der Waals surface area contributed by atoms with Crippen molar-refractivity contribution in [3.8, 4) is 27.7 Å². The lowest BCUT2D eigenvalue weighted by Gasteiger charge is -2.25. The Morgan fingerprint density at radius 1 is 1.23 bits per heavy atom. The third-order valence-electron chi connectivity index (χ3n) is 3.57. The first-order chi connectivity index (χ1) is 10.8. The molecule has 5 heteroatoms. The van der Waals surface area contributed by atoms with E-state index in [1.165, 1.54) is 0 Å². The van der Waals surface area contributed by atoms with Crippen LogP contribution in [0.3, 0.4) is 0 Å². The average molecular weight is 309 g/mol. The number of anilines is 1.